The first-order valence-corrected chi connectivity index (χ1v) is 10.1. The van der Waals surface area contributed by atoms with Gasteiger partial charge in [-0.2, -0.15) is 0 Å². The summed E-state index contributed by atoms with van der Waals surface area (Å²) < 4.78 is 5.64. The summed E-state index contributed by atoms with van der Waals surface area (Å²) in [6.45, 7) is 5.77. The van der Waals surface area contributed by atoms with E-state index in [4.69, 9.17) is 4.74 Å². The fraction of sp³-hybridized carbons (Fsp3) is 0.391. The Kier molecular flexibility index (Phi) is 7.25. The predicted molar refractivity (Wildman–Crippen MR) is 113 cm³/mol. The van der Waals surface area contributed by atoms with Gasteiger partial charge in [-0.15, -0.1) is 0 Å². The third kappa shape index (κ3) is 5.81. The molecule has 2 aromatic rings. The third-order valence-electron chi connectivity index (χ3n) is 5.19. The van der Waals surface area contributed by atoms with Crippen LogP contribution in [-0.4, -0.2) is 61.4 Å². The molecule has 0 aliphatic carbocycles. The highest BCUT2D eigenvalue weighted by molar-refractivity contribution is 5.94. The minimum Gasteiger partial charge on any atom is -0.483 e. The lowest BCUT2D eigenvalue weighted by Crippen LogP contribution is -2.47. The topological polar surface area (TPSA) is 61.9 Å². The van der Waals surface area contributed by atoms with Gasteiger partial charge < -0.3 is 19.9 Å². The van der Waals surface area contributed by atoms with Crippen LogP contribution in [-0.2, 0) is 17.8 Å². The van der Waals surface area contributed by atoms with E-state index in [0.29, 0.717) is 12.1 Å². The standard InChI is InChI=1S/C23H29N3O3/c1-3-19-6-4-5-7-21(19)29-17-22(27)24-16-18-8-10-20(11-9-18)23(28)26-14-12-25(2)13-15-26/h4-11H,3,12-17H2,1-2H3,(H,24,27). The molecule has 0 atom stereocenters. The molecule has 1 aliphatic heterocycles. The Balaban J connectivity index is 1.46. The van der Waals surface area contributed by atoms with Crippen molar-refractivity contribution >= 4 is 11.8 Å². The molecule has 0 saturated carbocycles. The van der Waals surface area contributed by atoms with Crippen LogP contribution in [0, 0.1) is 0 Å². The number of nitrogens with one attached hydrogen (secondary N) is 1. The van der Waals surface area contributed by atoms with E-state index in [9.17, 15) is 9.59 Å². The maximum Gasteiger partial charge on any atom is 0.258 e. The van der Waals surface area contributed by atoms with Crippen LogP contribution in [0.2, 0.25) is 0 Å². The first kappa shape index (κ1) is 20.9. The van der Waals surface area contributed by atoms with Crippen molar-refractivity contribution in [3.63, 3.8) is 0 Å². The monoisotopic (exact) mass is 395 g/mol. The van der Waals surface area contributed by atoms with Crippen molar-refractivity contribution in [1.82, 2.24) is 15.1 Å². The molecule has 1 aliphatic rings. The molecule has 154 valence electrons. The van der Waals surface area contributed by atoms with Crippen LogP contribution in [0.1, 0.15) is 28.4 Å². The normalized spacial score (nSPS) is 14.5. The summed E-state index contributed by atoms with van der Waals surface area (Å²) in [4.78, 5) is 28.8. The molecular weight excluding hydrogens is 366 g/mol. The van der Waals surface area contributed by atoms with Crippen LogP contribution in [0.5, 0.6) is 5.75 Å². The van der Waals surface area contributed by atoms with Crippen LogP contribution in [0.25, 0.3) is 0 Å². The number of amides is 2. The minimum atomic E-state index is -0.173. The van der Waals surface area contributed by atoms with Crippen molar-refractivity contribution in [2.45, 2.75) is 19.9 Å². The maximum absolute atomic E-state index is 12.6. The molecule has 0 unspecified atom stereocenters. The van der Waals surface area contributed by atoms with E-state index in [2.05, 4.69) is 24.2 Å². The molecule has 1 N–H and O–H groups in total. The Hall–Kier alpha value is -2.86. The van der Waals surface area contributed by atoms with Crippen molar-refractivity contribution in [1.29, 1.82) is 0 Å². The molecule has 2 amide bonds. The van der Waals surface area contributed by atoms with E-state index in [1.807, 2.05) is 53.4 Å². The molecule has 0 spiro atoms. The number of rotatable bonds is 7. The SMILES string of the molecule is CCc1ccccc1OCC(=O)NCc1ccc(C(=O)N2CCN(C)CC2)cc1. The van der Waals surface area contributed by atoms with Gasteiger partial charge in [-0.05, 0) is 42.8 Å². The lowest BCUT2D eigenvalue weighted by Gasteiger charge is -2.32. The highest BCUT2D eigenvalue weighted by Crippen LogP contribution is 2.18. The number of hydrogen-bond acceptors (Lipinski definition) is 4. The maximum atomic E-state index is 12.6. The molecule has 1 saturated heterocycles. The predicted octanol–water partition coefficient (Wildman–Crippen LogP) is 2.33. The number of carbonyl (C=O) groups is 2. The summed E-state index contributed by atoms with van der Waals surface area (Å²) in [5.41, 5.74) is 2.72. The summed E-state index contributed by atoms with van der Waals surface area (Å²) in [5.74, 6) is 0.641. The quantitative estimate of drug-likeness (QED) is 0.782. The average molecular weight is 396 g/mol. The van der Waals surface area contributed by atoms with Gasteiger partial charge in [0.2, 0.25) is 0 Å². The molecule has 3 rings (SSSR count). The lowest BCUT2D eigenvalue weighted by atomic mass is 10.1. The van der Waals surface area contributed by atoms with Gasteiger partial charge in [-0.1, -0.05) is 37.3 Å². The zero-order valence-electron chi connectivity index (χ0n) is 17.2. The Morgan fingerprint density at radius 3 is 2.38 bits per heavy atom. The number of aryl methyl sites for hydroxylation is 1. The molecule has 0 radical (unpaired) electrons. The number of likely N-dealkylation sites (N-methyl/N-ethyl adjacent to an activating group) is 1. The van der Waals surface area contributed by atoms with Crippen LogP contribution in [0.15, 0.2) is 48.5 Å². The van der Waals surface area contributed by atoms with Crippen LogP contribution in [0.3, 0.4) is 0 Å². The summed E-state index contributed by atoms with van der Waals surface area (Å²) >= 11 is 0. The second-order valence-corrected chi connectivity index (χ2v) is 7.32. The van der Waals surface area contributed by atoms with Gasteiger partial charge in [0, 0.05) is 38.3 Å². The number of carbonyl (C=O) groups excluding carboxylic acids is 2. The second-order valence-electron chi connectivity index (χ2n) is 7.32. The summed E-state index contributed by atoms with van der Waals surface area (Å²) in [6, 6.07) is 15.2. The Bertz CT molecular complexity index is 828. The van der Waals surface area contributed by atoms with Gasteiger partial charge in [0.1, 0.15) is 5.75 Å². The van der Waals surface area contributed by atoms with E-state index >= 15 is 0 Å². The van der Waals surface area contributed by atoms with Gasteiger partial charge in [0.25, 0.3) is 11.8 Å². The molecule has 0 aromatic heterocycles. The summed E-state index contributed by atoms with van der Waals surface area (Å²) in [5, 5.41) is 2.86. The first-order chi connectivity index (χ1) is 14.1. The Morgan fingerprint density at radius 2 is 1.69 bits per heavy atom. The number of ether oxygens (including phenoxy) is 1. The Morgan fingerprint density at radius 1 is 1.00 bits per heavy atom. The number of hydrogen-bond donors (Lipinski definition) is 1. The van der Waals surface area contributed by atoms with Crippen molar-refractivity contribution < 1.29 is 14.3 Å². The largest absolute Gasteiger partial charge is 0.483 e. The summed E-state index contributed by atoms with van der Waals surface area (Å²) in [6.07, 6.45) is 0.858. The summed E-state index contributed by atoms with van der Waals surface area (Å²) in [7, 11) is 2.07. The molecular formula is C23H29N3O3. The first-order valence-electron chi connectivity index (χ1n) is 10.1. The van der Waals surface area contributed by atoms with Crippen LogP contribution in [0.4, 0.5) is 0 Å². The van der Waals surface area contributed by atoms with Crippen molar-refractivity contribution in [3.8, 4) is 5.75 Å². The average Bonchev–Trinajstić information content (AvgIpc) is 2.77. The molecule has 6 heteroatoms. The zero-order chi connectivity index (χ0) is 20.6. The van der Waals surface area contributed by atoms with Gasteiger partial charge >= 0.3 is 0 Å². The fourth-order valence-corrected chi connectivity index (χ4v) is 3.29. The zero-order valence-corrected chi connectivity index (χ0v) is 17.2. The fourth-order valence-electron chi connectivity index (χ4n) is 3.29. The number of benzene rings is 2. The van der Waals surface area contributed by atoms with Crippen molar-refractivity contribution in [3.05, 3.63) is 65.2 Å². The number of nitrogens with zero attached hydrogens (tertiary/aromatic N) is 2. The molecule has 2 aromatic carbocycles. The second kappa shape index (κ2) is 10.1. The van der Waals surface area contributed by atoms with E-state index < -0.39 is 0 Å². The molecule has 29 heavy (non-hydrogen) atoms. The van der Waals surface area contributed by atoms with Gasteiger partial charge in [0.05, 0.1) is 0 Å². The van der Waals surface area contributed by atoms with E-state index in [0.717, 1.165) is 49.5 Å². The molecule has 1 fully saturated rings. The van der Waals surface area contributed by atoms with Gasteiger partial charge in [0.15, 0.2) is 6.61 Å². The van der Waals surface area contributed by atoms with E-state index in [1.54, 1.807) is 0 Å². The van der Waals surface area contributed by atoms with Crippen molar-refractivity contribution in [2.24, 2.45) is 0 Å². The highest BCUT2D eigenvalue weighted by atomic mass is 16.5. The molecule has 0 bridgehead atoms. The minimum absolute atomic E-state index is 0.0169. The van der Waals surface area contributed by atoms with E-state index in [-0.39, 0.29) is 18.4 Å². The van der Waals surface area contributed by atoms with Crippen molar-refractivity contribution in [2.75, 3.05) is 39.8 Å². The number of piperazine rings is 1. The third-order valence-corrected chi connectivity index (χ3v) is 5.19. The Labute approximate surface area is 172 Å². The molecule has 1 heterocycles. The lowest BCUT2D eigenvalue weighted by molar-refractivity contribution is -0.123. The van der Waals surface area contributed by atoms with E-state index in [1.165, 1.54) is 0 Å². The smallest absolute Gasteiger partial charge is 0.258 e. The van der Waals surface area contributed by atoms with Gasteiger partial charge in [-0.3, -0.25) is 9.59 Å². The molecule has 6 nitrogen and oxygen atoms in total. The van der Waals surface area contributed by atoms with Crippen LogP contribution < -0.4 is 10.1 Å². The highest BCUT2D eigenvalue weighted by Gasteiger charge is 2.20. The van der Waals surface area contributed by atoms with Gasteiger partial charge in [-0.25, -0.2) is 0 Å². The van der Waals surface area contributed by atoms with Crippen LogP contribution >= 0.6 is 0 Å². The number of para-hydroxylation sites is 1.